The van der Waals surface area contributed by atoms with E-state index in [9.17, 15) is 0 Å². The van der Waals surface area contributed by atoms with Crippen LogP contribution in [0, 0.1) is 0 Å². The van der Waals surface area contributed by atoms with Crippen LogP contribution in [0.25, 0.3) is 0 Å². The van der Waals surface area contributed by atoms with Crippen LogP contribution in [0.5, 0.6) is 0 Å². The summed E-state index contributed by atoms with van der Waals surface area (Å²) in [4.78, 5) is 8.36. The summed E-state index contributed by atoms with van der Waals surface area (Å²) >= 11 is 0. The standard InChI is InChI=1S/C8H10N4/c1-12-7(3-6-11-12)8-9-4-2-5-10-8/h2,4-7H,3H2,1H3. The molecule has 62 valence electrons. The first-order chi connectivity index (χ1) is 5.88. The third-order valence-electron chi connectivity index (χ3n) is 1.93. The minimum atomic E-state index is 0.228. The van der Waals surface area contributed by atoms with Crippen LogP contribution in [0.1, 0.15) is 18.3 Å². The van der Waals surface area contributed by atoms with Gasteiger partial charge in [0.15, 0.2) is 5.82 Å². The van der Waals surface area contributed by atoms with Gasteiger partial charge in [-0.15, -0.1) is 0 Å². The maximum Gasteiger partial charge on any atom is 0.152 e. The lowest BCUT2D eigenvalue weighted by atomic mass is 10.2. The molecule has 0 spiro atoms. The predicted molar refractivity (Wildman–Crippen MR) is 45.6 cm³/mol. The third kappa shape index (κ3) is 1.15. The van der Waals surface area contributed by atoms with Crippen LogP contribution in [0.15, 0.2) is 23.6 Å². The lowest BCUT2D eigenvalue weighted by Gasteiger charge is -2.16. The van der Waals surface area contributed by atoms with Gasteiger partial charge in [-0.05, 0) is 6.07 Å². The fourth-order valence-electron chi connectivity index (χ4n) is 1.26. The van der Waals surface area contributed by atoms with E-state index in [0.29, 0.717) is 0 Å². The fourth-order valence-corrected chi connectivity index (χ4v) is 1.26. The minimum Gasteiger partial charge on any atom is -0.289 e. The second-order valence-electron chi connectivity index (χ2n) is 2.73. The van der Waals surface area contributed by atoms with Gasteiger partial charge in [-0.25, -0.2) is 9.97 Å². The molecule has 0 bridgehead atoms. The summed E-state index contributed by atoms with van der Waals surface area (Å²) < 4.78 is 0. The summed E-state index contributed by atoms with van der Waals surface area (Å²) in [7, 11) is 1.94. The van der Waals surface area contributed by atoms with Gasteiger partial charge in [-0.1, -0.05) is 0 Å². The second kappa shape index (κ2) is 2.89. The van der Waals surface area contributed by atoms with Crippen LogP contribution in [-0.4, -0.2) is 28.2 Å². The quantitative estimate of drug-likeness (QED) is 0.614. The van der Waals surface area contributed by atoms with Crippen LogP contribution in [0.3, 0.4) is 0 Å². The normalized spacial score (nSPS) is 21.8. The molecule has 0 N–H and O–H groups in total. The van der Waals surface area contributed by atoms with Crippen LogP contribution in [-0.2, 0) is 0 Å². The number of nitrogens with zero attached hydrogens (tertiary/aromatic N) is 4. The Balaban J connectivity index is 2.22. The number of hydrogen-bond donors (Lipinski definition) is 0. The number of aromatic nitrogens is 2. The van der Waals surface area contributed by atoms with Gasteiger partial charge in [0.25, 0.3) is 0 Å². The Hall–Kier alpha value is -1.45. The van der Waals surface area contributed by atoms with E-state index in [4.69, 9.17) is 0 Å². The highest BCUT2D eigenvalue weighted by Crippen LogP contribution is 2.22. The molecule has 0 saturated heterocycles. The van der Waals surface area contributed by atoms with Gasteiger partial charge in [-0.2, -0.15) is 5.10 Å². The number of rotatable bonds is 1. The molecular weight excluding hydrogens is 152 g/mol. The first-order valence-electron chi connectivity index (χ1n) is 3.90. The lowest BCUT2D eigenvalue weighted by molar-refractivity contribution is 0.279. The zero-order chi connectivity index (χ0) is 8.39. The molecule has 1 aromatic rings. The summed E-state index contributed by atoms with van der Waals surface area (Å²) in [5.41, 5.74) is 0. The highest BCUT2D eigenvalue weighted by atomic mass is 15.5. The summed E-state index contributed by atoms with van der Waals surface area (Å²) in [5, 5.41) is 6.01. The van der Waals surface area contributed by atoms with Crippen molar-refractivity contribution in [3.05, 3.63) is 24.3 Å². The van der Waals surface area contributed by atoms with E-state index in [1.807, 2.05) is 24.3 Å². The molecule has 0 aliphatic carbocycles. The fraction of sp³-hybridized carbons (Fsp3) is 0.375. The molecular formula is C8H10N4. The molecule has 2 heterocycles. The van der Waals surface area contributed by atoms with Crippen molar-refractivity contribution in [1.29, 1.82) is 0 Å². The molecule has 0 radical (unpaired) electrons. The maximum absolute atomic E-state index is 4.18. The summed E-state index contributed by atoms with van der Waals surface area (Å²) in [6.07, 6.45) is 6.31. The predicted octanol–water partition coefficient (Wildman–Crippen LogP) is 0.839. The van der Waals surface area contributed by atoms with Crippen LogP contribution < -0.4 is 0 Å². The van der Waals surface area contributed by atoms with Gasteiger partial charge in [0.05, 0.1) is 0 Å². The number of hydrazone groups is 1. The molecule has 0 fully saturated rings. The van der Waals surface area contributed by atoms with Crippen LogP contribution >= 0.6 is 0 Å². The van der Waals surface area contributed by atoms with Gasteiger partial charge < -0.3 is 0 Å². The van der Waals surface area contributed by atoms with E-state index < -0.39 is 0 Å². The zero-order valence-corrected chi connectivity index (χ0v) is 6.88. The van der Waals surface area contributed by atoms with Crippen molar-refractivity contribution in [3.8, 4) is 0 Å². The van der Waals surface area contributed by atoms with Gasteiger partial charge >= 0.3 is 0 Å². The van der Waals surface area contributed by atoms with Crippen molar-refractivity contribution in [2.24, 2.45) is 5.10 Å². The van der Waals surface area contributed by atoms with Crippen molar-refractivity contribution in [2.75, 3.05) is 7.05 Å². The molecule has 1 aliphatic heterocycles. The van der Waals surface area contributed by atoms with Crippen LogP contribution in [0.2, 0.25) is 0 Å². The molecule has 4 nitrogen and oxygen atoms in total. The lowest BCUT2D eigenvalue weighted by Crippen LogP contribution is -2.16. The average molecular weight is 162 g/mol. The maximum atomic E-state index is 4.18. The number of hydrogen-bond acceptors (Lipinski definition) is 4. The molecule has 2 rings (SSSR count). The molecule has 4 heteroatoms. The van der Waals surface area contributed by atoms with Gasteiger partial charge in [0, 0.05) is 32.1 Å². The molecule has 0 saturated carbocycles. The Morgan fingerprint density at radius 3 is 2.75 bits per heavy atom. The topological polar surface area (TPSA) is 41.4 Å². The third-order valence-corrected chi connectivity index (χ3v) is 1.93. The summed E-state index contributed by atoms with van der Waals surface area (Å²) in [5.74, 6) is 0.845. The average Bonchev–Trinajstić information content (AvgIpc) is 2.53. The van der Waals surface area contributed by atoms with Crippen molar-refractivity contribution >= 4 is 6.21 Å². The smallest absolute Gasteiger partial charge is 0.152 e. The first-order valence-corrected chi connectivity index (χ1v) is 3.90. The molecule has 1 unspecified atom stereocenters. The van der Waals surface area contributed by atoms with Crippen molar-refractivity contribution < 1.29 is 0 Å². The SMILES string of the molecule is CN1N=CCC1c1ncccn1. The Kier molecular flexibility index (Phi) is 1.74. The zero-order valence-electron chi connectivity index (χ0n) is 6.88. The van der Waals surface area contributed by atoms with Crippen LogP contribution in [0.4, 0.5) is 0 Å². The van der Waals surface area contributed by atoms with E-state index in [-0.39, 0.29) is 6.04 Å². The van der Waals surface area contributed by atoms with Crippen molar-refractivity contribution in [3.63, 3.8) is 0 Å². The highest BCUT2D eigenvalue weighted by molar-refractivity contribution is 5.60. The summed E-state index contributed by atoms with van der Waals surface area (Å²) in [6, 6.07) is 2.05. The molecule has 1 aliphatic rings. The Morgan fingerprint density at radius 1 is 1.42 bits per heavy atom. The van der Waals surface area contributed by atoms with E-state index in [1.165, 1.54) is 0 Å². The molecule has 12 heavy (non-hydrogen) atoms. The highest BCUT2D eigenvalue weighted by Gasteiger charge is 2.20. The monoisotopic (exact) mass is 162 g/mol. The Labute approximate surface area is 70.9 Å². The minimum absolute atomic E-state index is 0.228. The van der Waals surface area contributed by atoms with Crippen molar-refractivity contribution in [1.82, 2.24) is 15.0 Å². The summed E-state index contributed by atoms with van der Waals surface area (Å²) in [6.45, 7) is 0. The largest absolute Gasteiger partial charge is 0.289 e. The first kappa shape index (κ1) is 7.21. The van der Waals surface area contributed by atoms with E-state index in [1.54, 1.807) is 12.4 Å². The Bertz CT molecular complexity index is 282. The second-order valence-corrected chi connectivity index (χ2v) is 2.73. The van der Waals surface area contributed by atoms with E-state index >= 15 is 0 Å². The van der Waals surface area contributed by atoms with Gasteiger partial charge in [0.1, 0.15) is 6.04 Å². The molecule has 0 amide bonds. The van der Waals surface area contributed by atoms with Gasteiger partial charge in [0.2, 0.25) is 0 Å². The Morgan fingerprint density at radius 2 is 2.17 bits per heavy atom. The van der Waals surface area contributed by atoms with Crippen molar-refractivity contribution in [2.45, 2.75) is 12.5 Å². The van der Waals surface area contributed by atoms with E-state index in [0.717, 1.165) is 12.2 Å². The van der Waals surface area contributed by atoms with Gasteiger partial charge in [-0.3, -0.25) is 5.01 Å². The van der Waals surface area contributed by atoms with E-state index in [2.05, 4.69) is 15.1 Å². The molecule has 1 atom stereocenters. The molecule has 0 aromatic carbocycles. The molecule has 1 aromatic heterocycles.